The van der Waals surface area contributed by atoms with Crippen molar-refractivity contribution < 1.29 is 9.53 Å². The van der Waals surface area contributed by atoms with Crippen molar-refractivity contribution in [1.82, 2.24) is 5.32 Å². The highest BCUT2D eigenvalue weighted by molar-refractivity contribution is 8.01. The Bertz CT molecular complexity index is 632. The Morgan fingerprint density at radius 3 is 2.55 bits per heavy atom. The van der Waals surface area contributed by atoms with Crippen molar-refractivity contribution in [2.24, 2.45) is 0 Å². The summed E-state index contributed by atoms with van der Waals surface area (Å²) in [6.45, 7) is 6.01. The van der Waals surface area contributed by atoms with Gasteiger partial charge in [0.05, 0.1) is 10.8 Å². The van der Waals surface area contributed by atoms with E-state index in [1.807, 2.05) is 51.1 Å². The molecule has 0 aliphatic heterocycles. The number of hydrogen-bond acceptors (Lipinski definition) is 4. The number of ether oxygens (including phenoxy) is 1. The van der Waals surface area contributed by atoms with E-state index in [0.717, 1.165) is 14.8 Å². The molecule has 0 fully saturated rings. The van der Waals surface area contributed by atoms with Crippen molar-refractivity contribution in [3.8, 4) is 0 Å². The molecular formula is C16H18ClNO2S2. The van der Waals surface area contributed by atoms with E-state index in [0.29, 0.717) is 6.54 Å². The molecule has 22 heavy (non-hydrogen) atoms. The van der Waals surface area contributed by atoms with Crippen molar-refractivity contribution in [2.75, 3.05) is 0 Å². The molecule has 0 aliphatic rings. The van der Waals surface area contributed by atoms with Crippen LogP contribution in [0.5, 0.6) is 0 Å². The molecule has 0 spiro atoms. The number of carbonyl (C=O) groups excluding carboxylic acids is 1. The molecule has 0 radical (unpaired) electrons. The molecule has 1 amide bonds. The Hall–Kier alpha value is -1.17. The average Bonchev–Trinajstić information content (AvgIpc) is 2.85. The topological polar surface area (TPSA) is 38.3 Å². The van der Waals surface area contributed by atoms with E-state index in [2.05, 4.69) is 11.4 Å². The number of rotatable bonds is 4. The summed E-state index contributed by atoms with van der Waals surface area (Å²) >= 11 is 9.21. The zero-order chi connectivity index (χ0) is 16.2. The first-order valence-electron chi connectivity index (χ1n) is 6.81. The lowest BCUT2D eigenvalue weighted by molar-refractivity contribution is 0.0524. The minimum absolute atomic E-state index is 0.396. The summed E-state index contributed by atoms with van der Waals surface area (Å²) in [6.07, 6.45) is -0.396. The van der Waals surface area contributed by atoms with Crippen molar-refractivity contribution in [2.45, 2.75) is 42.0 Å². The molecule has 2 rings (SSSR count). The zero-order valence-corrected chi connectivity index (χ0v) is 15.1. The van der Waals surface area contributed by atoms with Gasteiger partial charge in [-0.2, -0.15) is 0 Å². The van der Waals surface area contributed by atoms with Gasteiger partial charge >= 0.3 is 6.09 Å². The number of halogens is 1. The normalized spacial score (nSPS) is 11.3. The SMILES string of the molecule is CC(C)(C)OC(=O)NCc1ccc(Sc2ccc(Cl)cc2)s1. The lowest BCUT2D eigenvalue weighted by Crippen LogP contribution is -2.31. The quantitative estimate of drug-likeness (QED) is 0.778. The fraction of sp³-hybridized carbons (Fsp3) is 0.312. The Kier molecular flexibility index (Phi) is 5.78. The number of alkyl carbamates (subject to hydrolysis) is 1. The molecule has 6 heteroatoms. The second-order valence-electron chi connectivity index (χ2n) is 5.63. The summed E-state index contributed by atoms with van der Waals surface area (Å²) in [5.41, 5.74) is -0.477. The lowest BCUT2D eigenvalue weighted by Gasteiger charge is -2.19. The van der Waals surface area contributed by atoms with Gasteiger partial charge in [-0.25, -0.2) is 4.79 Å². The third-order valence-corrected chi connectivity index (χ3v) is 4.95. The average molecular weight is 356 g/mol. The Morgan fingerprint density at radius 1 is 1.23 bits per heavy atom. The zero-order valence-electron chi connectivity index (χ0n) is 12.7. The number of hydrogen-bond donors (Lipinski definition) is 1. The molecule has 0 unspecified atom stereocenters. The Labute approximate surface area is 144 Å². The van der Waals surface area contributed by atoms with Crippen LogP contribution in [0.2, 0.25) is 5.02 Å². The summed E-state index contributed by atoms with van der Waals surface area (Å²) in [7, 11) is 0. The van der Waals surface area contributed by atoms with Crippen LogP contribution in [0.15, 0.2) is 45.5 Å². The van der Waals surface area contributed by atoms with E-state index in [1.165, 1.54) is 4.21 Å². The Morgan fingerprint density at radius 2 is 1.91 bits per heavy atom. The highest BCUT2D eigenvalue weighted by atomic mass is 35.5. The van der Waals surface area contributed by atoms with Crippen molar-refractivity contribution in [3.63, 3.8) is 0 Å². The monoisotopic (exact) mass is 355 g/mol. The van der Waals surface area contributed by atoms with Crippen LogP contribution in [-0.2, 0) is 11.3 Å². The van der Waals surface area contributed by atoms with Crippen LogP contribution >= 0.6 is 34.7 Å². The van der Waals surface area contributed by atoms with Gasteiger partial charge in [0.25, 0.3) is 0 Å². The highest BCUT2D eigenvalue weighted by Gasteiger charge is 2.15. The predicted molar refractivity (Wildman–Crippen MR) is 93.0 cm³/mol. The van der Waals surface area contributed by atoms with Gasteiger partial charge in [-0.05, 0) is 57.2 Å². The summed E-state index contributed by atoms with van der Waals surface area (Å²) in [6, 6.07) is 11.8. The molecule has 1 aromatic heterocycles. The second-order valence-corrected chi connectivity index (χ2v) is 8.61. The predicted octanol–water partition coefficient (Wildman–Crippen LogP) is 5.58. The molecular weight excluding hydrogens is 338 g/mol. The third-order valence-electron chi connectivity index (χ3n) is 2.47. The van der Waals surface area contributed by atoms with Gasteiger partial charge in [0, 0.05) is 14.8 Å². The van der Waals surface area contributed by atoms with Gasteiger partial charge in [-0.3, -0.25) is 0 Å². The van der Waals surface area contributed by atoms with Crippen LogP contribution in [0.4, 0.5) is 4.79 Å². The minimum Gasteiger partial charge on any atom is -0.444 e. The summed E-state index contributed by atoms with van der Waals surface area (Å²) < 4.78 is 6.38. The first-order chi connectivity index (χ1) is 10.3. The maximum absolute atomic E-state index is 11.6. The molecule has 118 valence electrons. The molecule has 3 nitrogen and oxygen atoms in total. The van der Waals surface area contributed by atoms with Gasteiger partial charge in [-0.15, -0.1) is 11.3 Å². The Balaban J connectivity index is 1.86. The molecule has 1 heterocycles. The minimum atomic E-state index is -0.477. The van der Waals surface area contributed by atoms with Gasteiger partial charge in [-0.1, -0.05) is 23.4 Å². The van der Waals surface area contributed by atoms with Gasteiger partial charge in [0.15, 0.2) is 0 Å². The molecule has 0 atom stereocenters. The van der Waals surface area contributed by atoms with E-state index >= 15 is 0 Å². The van der Waals surface area contributed by atoms with Gasteiger partial charge in [0.1, 0.15) is 5.60 Å². The maximum Gasteiger partial charge on any atom is 0.407 e. The van der Waals surface area contributed by atoms with E-state index < -0.39 is 11.7 Å². The fourth-order valence-electron chi connectivity index (χ4n) is 1.60. The lowest BCUT2D eigenvalue weighted by atomic mass is 10.2. The second kappa shape index (κ2) is 7.40. The van der Waals surface area contributed by atoms with Crippen molar-refractivity contribution >= 4 is 40.8 Å². The number of amides is 1. The first-order valence-corrected chi connectivity index (χ1v) is 8.82. The summed E-state index contributed by atoms with van der Waals surface area (Å²) in [5, 5.41) is 3.50. The molecule has 0 saturated carbocycles. The van der Waals surface area contributed by atoms with E-state index in [4.69, 9.17) is 16.3 Å². The molecule has 1 N–H and O–H groups in total. The summed E-state index contributed by atoms with van der Waals surface area (Å²) in [4.78, 5) is 13.8. The van der Waals surface area contributed by atoms with Crippen LogP contribution in [0.25, 0.3) is 0 Å². The molecule has 0 aliphatic carbocycles. The molecule has 0 saturated heterocycles. The van der Waals surface area contributed by atoms with Crippen LogP contribution in [-0.4, -0.2) is 11.7 Å². The number of carbonyl (C=O) groups is 1. The first kappa shape index (κ1) is 17.2. The van der Waals surface area contributed by atoms with Crippen molar-refractivity contribution in [3.05, 3.63) is 46.3 Å². The van der Waals surface area contributed by atoms with Gasteiger partial charge in [0.2, 0.25) is 0 Å². The van der Waals surface area contributed by atoms with Crippen LogP contribution < -0.4 is 5.32 Å². The standard InChI is InChI=1S/C16H18ClNO2S2/c1-16(2,3)20-15(19)18-10-13-8-9-14(22-13)21-12-6-4-11(17)5-7-12/h4-9H,10H2,1-3H3,(H,18,19). The van der Waals surface area contributed by atoms with E-state index in [1.54, 1.807) is 23.1 Å². The third kappa shape index (κ3) is 5.91. The summed E-state index contributed by atoms with van der Waals surface area (Å²) in [5.74, 6) is 0. The molecule has 0 bridgehead atoms. The van der Waals surface area contributed by atoms with Crippen LogP contribution in [0.3, 0.4) is 0 Å². The largest absolute Gasteiger partial charge is 0.444 e. The van der Waals surface area contributed by atoms with Crippen LogP contribution in [0.1, 0.15) is 25.6 Å². The highest BCUT2D eigenvalue weighted by Crippen LogP contribution is 2.33. The number of thiophene rings is 1. The maximum atomic E-state index is 11.6. The number of benzene rings is 1. The number of nitrogens with one attached hydrogen (secondary N) is 1. The van der Waals surface area contributed by atoms with Crippen molar-refractivity contribution in [1.29, 1.82) is 0 Å². The molecule has 1 aromatic carbocycles. The smallest absolute Gasteiger partial charge is 0.407 e. The van der Waals surface area contributed by atoms with Crippen LogP contribution in [0, 0.1) is 0 Å². The van der Waals surface area contributed by atoms with E-state index in [-0.39, 0.29) is 0 Å². The fourth-order valence-corrected chi connectivity index (χ4v) is 3.82. The molecule has 2 aromatic rings. The van der Waals surface area contributed by atoms with E-state index in [9.17, 15) is 4.79 Å². The van der Waals surface area contributed by atoms with Gasteiger partial charge < -0.3 is 10.1 Å².